The number of carbonyl (C=O) groups excluding carboxylic acids is 2. The van der Waals surface area contributed by atoms with Crippen LogP contribution in [0.1, 0.15) is 28.8 Å². The van der Waals surface area contributed by atoms with Crippen LogP contribution in [0.2, 0.25) is 0 Å². The number of primary amides is 1. The van der Waals surface area contributed by atoms with Gasteiger partial charge in [0, 0.05) is 11.5 Å². The molecule has 1 saturated carbocycles. The van der Waals surface area contributed by atoms with Crippen molar-refractivity contribution < 1.29 is 9.59 Å². The van der Waals surface area contributed by atoms with Crippen molar-refractivity contribution in [2.45, 2.75) is 12.8 Å². The van der Waals surface area contributed by atoms with Gasteiger partial charge in [-0.25, -0.2) is 0 Å². The number of amides is 1. The van der Waals surface area contributed by atoms with E-state index in [1.54, 1.807) is 31.2 Å². The molecular weight excluding hydrogens is 288 g/mol. The number of Topliss-reactive ketones (excluding diaryl/α,β-unsaturated/α-hetero) is 1. The molecule has 0 bridgehead atoms. The Hall–Kier alpha value is -2.93. The first-order valence-electron chi connectivity index (χ1n) is 7.36. The fourth-order valence-electron chi connectivity index (χ4n) is 3.68. The van der Waals surface area contributed by atoms with E-state index in [1.807, 2.05) is 42.5 Å². The number of hydrogen-bond donors (Lipinski definition) is 1. The number of nitrogens with two attached hydrogens (primary N) is 1. The lowest BCUT2D eigenvalue weighted by Gasteiger charge is -2.12. The third-order valence-electron chi connectivity index (χ3n) is 4.95. The quantitative estimate of drug-likeness (QED) is 0.881. The average molecular weight is 304 g/mol. The molecule has 1 amide bonds. The summed E-state index contributed by atoms with van der Waals surface area (Å²) in [5.41, 5.74) is 4.14. The Kier molecular flexibility index (Phi) is 3.30. The van der Waals surface area contributed by atoms with E-state index in [2.05, 4.69) is 0 Å². The minimum absolute atomic E-state index is 0.229. The van der Waals surface area contributed by atoms with E-state index in [0.717, 1.165) is 5.56 Å². The first-order valence-corrected chi connectivity index (χ1v) is 7.36. The van der Waals surface area contributed by atoms with Crippen molar-refractivity contribution in [3.05, 3.63) is 71.8 Å². The monoisotopic (exact) mass is 304 g/mol. The molecule has 0 radical (unpaired) electrons. The van der Waals surface area contributed by atoms with Crippen LogP contribution in [0.15, 0.2) is 60.7 Å². The maximum atomic E-state index is 13.0. The maximum absolute atomic E-state index is 13.0. The number of nitrogens with zero attached hydrogens (tertiary/aromatic N) is 1. The molecule has 2 aromatic rings. The van der Waals surface area contributed by atoms with Gasteiger partial charge in [0.25, 0.3) is 0 Å². The van der Waals surface area contributed by atoms with Crippen molar-refractivity contribution in [2.24, 2.45) is 16.6 Å². The second-order valence-electron chi connectivity index (χ2n) is 6.03. The molecule has 0 saturated heterocycles. The summed E-state index contributed by atoms with van der Waals surface area (Å²) in [6.45, 7) is 1.66. The Morgan fingerprint density at radius 2 is 1.57 bits per heavy atom. The lowest BCUT2D eigenvalue weighted by Crippen LogP contribution is -2.32. The fourth-order valence-corrected chi connectivity index (χ4v) is 3.68. The van der Waals surface area contributed by atoms with Gasteiger partial charge in [0.05, 0.1) is 11.5 Å². The predicted octanol–water partition coefficient (Wildman–Crippen LogP) is 2.67. The second-order valence-corrected chi connectivity index (χ2v) is 6.03. The maximum Gasteiger partial charge on any atom is 0.239 e. The Labute approximate surface area is 134 Å². The third-order valence-corrected chi connectivity index (χ3v) is 4.95. The number of hydrogen-bond acceptors (Lipinski definition) is 3. The first kappa shape index (κ1) is 15.0. The SMILES string of the molecule is C[C@]1(C(=O)c2ccccc2)[C@H](c2ccccc2)[C@]1(C#N)C(N)=O. The van der Waals surface area contributed by atoms with Crippen LogP contribution < -0.4 is 5.73 Å². The summed E-state index contributed by atoms with van der Waals surface area (Å²) in [6.07, 6.45) is 0. The third kappa shape index (κ3) is 1.83. The lowest BCUT2D eigenvalue weighted by molar-refractivity contribution is -0.122. The minimum Gasteiger partial charge on any atom is -0.368 e. The molecule has 23 heavy (non-hydrogen) atoms. The molecule has 4 nitrogen and oxygen atoms in total. The van der Waals surface area contributed by atoms with Crippen molar-refractivity contribution >= 4 is 11.7 Å². The highest BCUT2D eigenvalue weighted by molar-refractivity contribution is 6.11. The largest absolute Gasteiger partial charge is 0.368 e. The van der Waals surface area contributed by atoms with Gasteiger partial charge in [-0.1, -0.05) is 60.7 Å². The summed E-state index contributed by atoms with van der Waals surface area (Å²) >= 11 is 0. The Balaban J connectivity index is 2.14. The molecule has 3 rings (SSSR count). The van der Waals surface area contributed by atoms with Crippen LogP contribution in [-0.4, -0.2) is 11.7 Å². The summed E-state index contributed by atoms with van der Waals surface area (Å²) in [7, 11) is 0. The Bertz CT molecular complexity index is 810. The molecule has 2 N–H and O–H groups in total. The molecule has 1 aliphatic carbocycles. The van der Waals surface area contributed by atoms with E-state index in [4.69, 9.17) is 5.73 Å². The van der Waals surface area contributed by atoms with Gasteiger partial charge in [0.2, 0.25) is 5.91 Å². The van der Waals surface area contributed by atoms with Crippen LogP contribution >= 0.6 is 0 Å². The Morgan fingerprint density at radius 3 is 2.04 bits per heavy atom. The molecule has 1 aliphatic rings. The minimum atomic E-state index is -1.51. The molecule has 2 aromatic carbocycles. The molecule has 114 valence electrons. The van der Waals surface area contributed by atoms with Crippen molar-refractivity contribution in [3.8, 4) is 6.07 Å². The van der Waals surface area contributed by atoms with Gasteiger partial charge in [-0.05, 0) is 12.5 Å². The summed E-state index contributed by atoms with van der Waals surface area (Å²) in [5.74, 6) is -1.51. The van der Waals surface area contributed by atoms with E-state index in [-0.39, 0.29) is 5.78 Å². The fraction of sp³-hybridized carbons (Fsp3) is 0.211. The molecule has 3 atom stereocenters. The zero-order valence-corrected chi connectivity index (χ0v) is 12.7. The van der Waals surface area contributed by atoms with Gasteiger partial charge < -0.3 is 5.73 Å². The van der Waals surface area contributed by atoms with Crippen molar-refractivity contribution in [2.75, 3.05) is 0 Å². The normalized spacial score (nSPS) is 28.6. The van der Waals surface area contributed by atoms with Crippen LogP contribution in [0, 0.1) is 22.2 Å². The number of benzene rings is 2. The molecule has 0 spiro atoms. The van der Waals surface area contributed by atoms with Crippen LogP contribution in [0.4, 0.5) is 0 Å². The van der Waals surface area contributed by atoms with Gasteiger partial charge in [-0.3, -0.25) is 9.59 Å². The topological polar surface area (TPSA) is 83.9 Å². The highest BCUT2D eigenvalue weighted by Gasteiger charge is 2.82. The van der Waals surface area contributed by atoms with Crippen molar-refractivity contribution in [1.29, 1.82) is 5.26 Å². The number of ketones is 1. The molecule has 0 aliphatic heterocycles. The summed E-state index contributed by atoms with van der Waals surface area (Å²) in [5, 5.41) is 9.69. The van der Waals surface area contributed by atoms with Crippen molar-refractivity contribution in [3.63, 3.8) is 0 Å². The van der Waals surface area contributed by atoms with Gasteiger partial charge >= 0.3 is 0 Å². The van der Waals surface area contributed by atoms with Crippen LogP contribution in [0.25, 0.3) is 0 Å². The highest BCUT2D eigenvalue weighted by atomic mass is 16.2. The van der Waals surface area contributed by atoms with Gasteiger partial charge in [-0.15, -0.1) is 0 Å². The molecule has 0 unspecified atom stereocenters. The van der Waals surface area contributed by atoms with E-state index >= 15 is 0 Å². The average Bonchev–Trinajstić information content (AvgIpc) is 3.17. The van der Waals surface area contributed by atoms with Crippen LogP contribution in [0.3, 0.4) is 0 Å². The summed E-state index contributed by atoms with van der Waals surface area (Å²) in [4.78, 5) is 25.1. The molecule has 0 heterocycles. The van der Waals surface area contributed by atoms with Crippen molar-refractivity contribution in [1.82, 2.24) is 0 Å². The van der Waals surface area contributed by atoms with Gasteiger partial charge in [0.15, 0.2) is 11.2 Å². The molecule has 1 fully saturated rings. The zero-order valence-electron chi connectivity index (χ0n) is 12.7. The van der Waals surface area contributed by atoms with Crippen LogP contribution in [0.5, 0.6) is 0 Å². The van der Waals surface area contributed by atoms with E-state index in [0.29, 0.717) is 5.56 Å². The summed E-state index contributed by atoms with van der Waals surface area (Å²) < 4.78 is 0. The second kappa shape index (κ2) is 5.06. The number of nitriles is 1. The van der Waals surface area contributed by atoms with E-state index in [1.165, 1.54) is 0 Å². The molecule has 4 heteroatoms. The smallest absolute Gasteiger partial charge is 0.239 e. The van der Waals surface area contributed by atoms with E-state index < -0.39 is 22.7 Å². The predicted molar refractivity (Wildman–Crippen MR) is 85.3 cm³/mol. The molecular formula is C19H16N2O2. The first-order chi connectivity index (χ1) is 11.0. The van der Waals surface area contributed by atoms with Gasteiger partial charge in [0.1, 0.15) is 0 Å². The van der Waals surface area contributed by atoms with Crippen LogP contribution in [-0.2, 0) is 4.79 Å². The molecule has 0 aromatic heterocycles. The highest BCUT2D eigenvalue weighted by Crippen LogP contribution is 2.74. The number of carbonyl (C=O) groups is 2. The Morgan fingerprint density at radius 1 is 1.04 bits per heavy atom. The summed E-state index contributed by atoms with van der Waals surface area (Å²) in [6, 6.07) is 19.9. The zero-order chi connectivity index (χ0) is 16.7. The van der Waals surface area contributed by atoms with Gasteiger partial charge in [-0.2, -0.15) is 5.26 Å². The van der Waals surface area contributed by atoms with E-state index in [9.17, 15) is 14.9 Å². The number of rotatable bonds is 4. The standard InChI is InChI=1S/C19H16N2O2/c1-18(16(22)14-10-6-3-7-11-14)15(13-8-4-2-5-9-13)19(18,12-20)17(21)23/h2-11,15H,1H3,(H2,21,23)/t15-,18+,19+/m0/s1. The lowest BCUT2D eigenvalue weighted by atomic mass is 9.87.